The summed E-state index contributed by atoms with van der Waals surface area (Å²) in [5, 5.41) is 14.7. The van der Waals surface area contributed by atoms with Gasteiger partial charge in [-0.1, -0.05) is 0 Å². The Hall–Kier alpha value is -1.95. The monoisotopic (exact) mass is 280 g/mol. The molecule has 1 heterocycles. The van der Waals surface area contributed by atoms with Crippen LogP contribution in [0.5, 0.6) is 0 Å². The Morgan fingerprint density at radius 2 is 2.25 bits per heavy atom. The highest BCUT2D eigenvalue weighted by Crippen LogP contribution is 2.19. The standard InChI is InChI=1S/C14H17FN2O3/c15-10-2-3-12(11(7-10)14(19)20)17-13(18)4-1-9-5-6-16-8-9/h2-3,7,9,16H,1,4-6,8H2,(H,17,18)(H,19,20). The largest absolute Gasteiger partial charge is 0.478 e. The molecule has 3 N–H and O–H groups in total. The van der Waals surface area contributed by atoms with Crippen molar-refractivity contribution in [1.29, 1.82) is 0 Å². The van der Waals surface area contributed by atoms with Crippen molar-refractivity contribution in [3.05, 3.63) is 29.6 Å². The van der Waals surface area contributed by atoms with Gasteiger partial charge in [-0.15, -0.1) is 0 Å². The molecular formula is C14H17FN2O3. The Balaban J connectivity index is 1.94. The van der Waals surface area contributed by atoms with Crippen molar-refractivity contribution in [2.24, 2.45) is 5.92 Å². The maximum atomic E-state index is 13.0. The Morgan fingerprint density at radius 3 is 2.90 bits per heavy atom. The van der Waals surface area contributed by atoms with E-state index in [1.165, 1.54) is 6.07 Å². The molecule has 0 aromatic heterocycles. The van der Waals surface area contributed by atoms with Crippen molar-refractivity contribution in [1.82, 2.24) is 5.32 Å². The molecule has 1 saturated heterocycles. The fraction of sp³-hybridized carbons (Fsp3) is 0.429. The van der Waals surface area contributed by atoms with Crippen LogP contribution in [-0.2, 0) is 4.79 Å². The first kappa shape index (κ1) is 14.5. The highest BCUT2D eigenvalue weighted by atomic mass is 19.1. The van der Waals surface area contributed by atoms with Gasteiger partial charge in [-0.25, -0.2) is 9.18 Å². The number of benzene rings is 1. The molecule has 1 aliphatic heterocycles. The van der Waals surface area contributed by atoms with Crippen LogP contribution in [0.3, 0.4) is 0 Å². The summed E-state index contributed by atoms with van der Waals surface area (Å²) in [6.07, 6.45) is 2.16. The zero-order valence-electron chi connectivity index (χ0n) is 11.0. The van der Waals surface area contributed by atoms with E-state index in [2.05, 4.69) is 10.6 Å². The number of rotatable bonds is 5. The van der Waals surface area contributed by atoms with Gasteiger partial charge in [0.05, 0.1) is 11.3 Å². The van der Waals surface area contributed by atoms with Crippen LogP contribution in [0.15, 0.2) is 18.2 Å². The van der Waals surface area contributed by atoms with Gasteiger partial charge in [-0.3, -0.25) is 4.79 Å². The quantitative estimate of drug-likeness (QED) is 0.769. The van der Waals surface area contributed by atoms with Gasteiger partial charge in [0.2, 0.25) is 5.91 Å². The topological polar surface area (TPSA) is 78.4 Å². The maximum Gasteiger partial charge on any atom is 0.337 e. The van der Waals surface area contributed by atoms with E-state index in [0.29, 0.717) is 12.3 Å². The van der Waals surface area contributed by atoms with Crippen molar-refractivity contribution in [3.63, 3.8) is 0 Å². The molecular weight excluding hydrogens is 263 g/mol. The van der Waals surface area contributed by atoms with E-state index in [4.69, 9.17) is 5.11 Å². The van der Waals surface area contributed by atoms with E-state index in [1.54, 1.807) is 0 Å². The lowest BCUT2D eigenvalue weighted by molar-refractivity contribution is -0.116. The van der Waals surface area contributed by atoms with Gasteiger partial charge in [-0.05, 0) is 50.0 Å². The molecule has 1 aromatic rings. The minimum Gasteiger partial charge on any atom is -0.478 e. The molecule has 1 amide bonds. The number of hydrogen-bond donors (Lipinski definition) is 3. The number of carboxylic acids is 1. The van der Waals surface area contributed by atoms with Gasteiger partial charge in [0, 0.05) is 6.42 Å². The third kappa shape index (κ3) is 3.77. The van der Waals surface area contributed by atoms with Gasteiger partial charge in [-0.2, -0.15) is 0 Å². The first-order valence-electron chi connectivity index (χ1n) is 6.59. The lowest BCUT2D eigenvalue weighted by Crippen LogP contribution is -2.16. The van der Waals surface area contributed by atoms with Crippen molar-refractivity contribution in [2.45, 2.75) is 19.3 Å². The van der Waals surface area contributed by atoms with Gasteiger partial charge in [0.15, 0.2) is 0 Å². The SMILES string of the molecule is O=C(CCC1CCNC1)Nc1ccc(F)cc1C(=O)O. The van der Waals surface area contributed by atoms with E-state index >= 15 is 0 Å². The van der Waals surface area contributed by atoms with Crippen molar-refractivity contribution < 1.29 is 19.1 Å². The van der Waals surface area contributed by atoms with E-state index in [9.17, 15) is 14.0 Å². The van der Waals surface area contributed by atoms with Crippen molar-refractivity contribution in [3.8, 4) is 0 Å². The number of carboxylic acid groups (broad SMARTS) is 1. The average Bonchev–Trinajstić information content (AvgIpc) is 2.91. The normalized spacial score (nSPS) is 17.9. The lowest BCUT2D eigenvalue weighted by Gasteiger charge is -2.10. The fourth-order valence-electron chi connectivity index (χ4n) is 2.31. The third-order valence-electron chi connectivity index (χ3n) is 3.43. The Bertz CT molecular complexity index is 513. The molecule has 1 fully saturated rings. The number of anilines is 1. The van der Waals surface area contributed by atoms with Crippen LogP contribution in [0, 0.1) is 11.7 Å². The first-order chi connectivity index (χ1) is 9.56. The number of amides is 1. The zero-order chi connectivity index (χ0) is 14.5. The fourth-order valence-corrected chi connectivity index (χ4v) is 2.31. The van der Waals surface area contributed by atoms with Crippen LogP contribution < -0.4 is 10.6 Å². The van der Waals surface area contributed by atoms with Crippen LogP contribution in [0.25, 0.3) is 0 Å². The molecule has 0 spiro atoms. The Kier molecular flexibility index (Phi) is 4.68. The number of carbonyl (C=O) groups excluding carboxylic acids is 1. The van der Waals surface area contributed by atoms with Crippen LogP contribution in [-0.4, -0.2) is 30.1 Å². The predicted molar refractivity (Wildman–Crippen MR) is 72.2 cm³/mol. The van der Waals surface area contributed by atoms with Crippen LogP contribution in [0.1, 0.15) is 29.6 Å². The lowest BCUT2D eigenvalue weighted by atomic mass is 10.0. The third-order valence-corrected chi connectivity index (χ3v) is 3.43. The van der Waals surface area contributed by atoms with Crippen molar-refractivity contribution in [2.75, 3.05) is 18.4 Å². The van der Waals surface area contributed by atoms with E-state index in [0.717, 1.165) is 38.1 Å². The number of nitrogens with one attached hydrogen (secondary N) is 2. The maximum absolute atomic E-state index is 13.0. The second kappa shape index (κ2) is 6.47. The molecule has 6 heteroatoms. The zero-order valence-corrected chi connectivity index (χ0v) is 11.0. The molecule has 0 bridgehead atoms. The van der Waals surface area contributed by atoms with Gasteiger partial charge in [0.1, 0.15) is 5.82 Å². The first-order valence-corrected chi connectivity index (χ1v) is 6.59. The van der Waals surface area contributed by atoms with Gasteiger partial charge >= 0.3 is 5.97 Å². The number of carbonyl (C=O) groups is 2. The van der Waals surface area contributed by atoms with E-state index in [-0.39, 0.29) is 17.2 Å². The van der Waals surface area contributed by atoms with E-state index in [1.807, 2.05) is 0 Å². The van der Waals surface area contributed by atoms with Crippen LogP contribution in [0.2, 0.25) is 0 Å². The molecule has 20 heavy (non-hydrogen) atoms. The van der Waals surface area contributed by atoms with Gasteiger partial charge < -0.3 is 15.7 Å². The molecule has 108 valence electrons. The molecule has 0 aliphatic carbocycles. The molecule has 1 aromatic carbocycles. The summed E-state index contributed by atoms with van der Waals surface area (Å²) in [5.74, 6) is -1.66. The molecule has 1 aliphatic rings. The second-order valence-electron chi connectivity index (χ2n) is 4.94. The molecule has 1 atom stereocenters. The minimum absolute atomic E-state index is 0.133. The molecule has 5 nitrogen and oxygen atoms in total. The number of aromatic carboxylic acids is 1. The summed E-state index contributed by atoms with van der Waals surface area (Å²) < 4.78 is 13.0. The molecule has 0 saturated carbocycles. The minimum atomic E-state index is -1.26. The Morgan fingerprint density at radius 1 is 1.45 bits per heavy atom. The summed E-state index contributed by atoms with van der Waals surface area (Å²) in [6.45, 7) is 1.90. The van der Waals surface area contributed by atoms with Crippen LogP contribution in [0.4, 0.5) is 10.1 Å². The number of halogens is 1. The average molecular weight is 280 g/mol. The van der Waals surface area contributed by atoms with Crippen molar-refractivity contribution >= 4 is 17.6 Å². The van der Waals surface area contributed by atoms with Crippen LogP contribution >= 0.6 is 0 Å². The Labute approximate surface area is 116 Å². The second-order valence-corrected chi connectivity index (χ2v) is 4.94. The summed E-state index contributed by atoms with van der Waals surface area (Å²) in [6, 6.07) is 3.30. The highest BCUT2D eigenvalue weighted by molar-refractivity contribution is 6.00. The summed E-state index contributed by atoms with van der Waals surface area (Å²) in [4.78, 5) is 22.8. The van der Waals surface area contributed by atoms with E-state index < -0.39 is 11.8 Å². The summed E-state index contributed by atoms with van der Waals surface area (Å²) in [7, 11) is 0. The predicted octanol–water partition coefficient (Wildman–Crippen LogP) is 1.85. The number of hydrogen-bond acceptors (Lipinski definition) is 3. The molecule has 2 rings (SSSR count). The molecule has 0 radical (unpaired) electrons. The summed E-state index contributed by atoms with van der Waals surface area (Å²) in [5.41, 5.74) is -0.102. The van der Waals surface area contributed by atoms with Gasteiger partial charge in [0.25, 0.3) is 0 Å². The summed E-state index contributed by atoms with van der Waals surface area (Å²) >= 11 is 0. The highest BCUT2D eigenvalue weighted by Gasteiger charge is 2.17. The smallest absolute Gasteiger partial charge is 0.337 e. The molecule has 1 unspecified atom stereocenters.